The number of aliphatic hydroxyl groups is 1. The van der Waals surface area contributed by atoms with Crippen molar-refractivity contribution in [3.8, 4) is 0 Å². The number of benzene rings is 1. The van der Waals surface area contributed by atoms with Gasteiger partial charge in [-0.25, -0.2) is 4.79 Å². The minimum Gasteiger partial charge on any atom is -0.478 e. The molecule has 0 amide bonds. The zero-order chi connectivity index (χ0) is 13.1. The Bertz CT molecular complexity index is 411. The number of rotatable bonds is 5. The molecular formula is C13H19NO3. The Morgan fingerprint density at radius 1 is 1.47 bits per heavy atom. The van der Waals surface area contributed by atoms with Gasteiger partial charge in [0.1, 0.15) is 0 Å². The summed E-state index contributed by atoms with van der Waals surface area (Å²) in [5.74, 6) is -0.965. The zero-order valence-corrected chi connectivity index (χ0v) is 10.4. The number of aliphatic hydroxyl groups excluding tert-OH is 1. The molecule has 0 saturated heterocycles. The minimum atomic E-state index is -0.965. The van der Waals surface area contributed by atoms with Gasteiger partial charge in [-0.1, -0.05) is 18.6 Å². The molecular weight excluding hydrogens is 218 g/mol. The predicted molar refractivity (Wildman–Crippen MR) is 67.5 cm³/mol. The number of hydrogen-bond donors (Lipinski definition) is 3. The van der Waals surface area contributed by atoms with Crippen molar-refractivity contribution < 1.29 is 15.0 Å². The Labute approximate surface area is 101 Å². The van der Waals surface area contributed by atoms with E-state index >= 15 is 0 Å². The first-order chi connectivity index (χ1) is 7.91. The highest BCUT2D eigenvalue weighted by Gasteiger charge is 2.22. The molecule has 0 bridgehead atoms. The van der Waals surface area contributed by atoms with Gasteiger partial charge in [-0.05, 0) is 32.4 Å². The van der Waals surface area contributed by atoms with Crippen molar-refractivity contribution in [2.45, 2.75) is 32.7 Å². The summed E-state index contributed by atoms with van der Waals surface area (Å²) < 4.78 is 0. The van der Waals surface area contributed by atoms with E-state index in [1.54, 1.807) is 12.1 Å². The number of carboxylic acid groups (broad SMARTS) is 1. The van der Waals surface area contributed by atoms with Gasteiger partial charge in [0.05, 0.1) is 17.7 Å². The fourth-order valence-corrected chi connectivity index (χ4v) is 1.51. The molecule has 1 aromatic rings. The van der Waals surface area contributed by atoms with Crippen molar-refractivity contribution >= 4 is 11.7 Å². The van der Waals surface area contributed by atoms with E-state index in [1.807, 2.05) is 26.8 Å². The Hall–Kier alpha value is -1.55. The first kappa shape index (κ1) is 13.5. The van der Waals surface area contributed by atoms with Gasteiger partial charge in [-0.3, -0.25) is 0 Å². The molecule has 1 rings (SSSR count). The molecule has 4 heteroatoms. The third-order valence-electron chi connectivity index (χ3n) is 2.97. The third kappa shape index (κ3) is 3.20. The molecule has 0 aliphatic rings. The molecule has 1 aromatic carbocycles. The second-order valence-electron chi connectivity index (χ2n) is 4.55. The van der Waals surface area contributed by atoms with E-state index in [9.17, 15) is 9.90 Å². The maximum atomic E-state index is 11.1. The maximum Gasteiger partial charge on any atom is 0.337 e. The molecule has 0 aliphatic heterocycles. The van der Waals surface area contributed by atoms with Crippen LogP contribution in [0.5, 0.6) is 0 Å². The highest BCUT2D eigenvalue weighted by molar-refractivity contribution is 5.94. The lowest BCUT2D eigenvalue weighted by Gasteiger charge is -2.29. The maximum absolute atomic E-state index is 11.1. The van der Waals surface area contributed by atoms with Crippen molar-refractivity contribution in [2.24, 2.45) is 0 Å². The Kier molecular flexibility index (Phi) is 4.12. The topological polar surface area (TPSA) is 69.6 Å². The monoisotopic (exact) mass is 237 g/mol. The highest BCUT2D eigenvalue weighted by Crippen LogP contribution is 2.23. The molecule has 0 saturated carbocycles. The first-order valence-corrected chi connectivity index (χ1v) is 5.65. The van der Waals surface area contributed by atoms with Crippen molar-refractivity contribution in [3.63, 3.8) is 0 Å². The largest absolute Gasteiger partial charge is 0.478 e. The van der Waals surface area contributed by atoms with Crippen LogP contribution in [0.15, 0.2) is 18.2 Å². The van der Waals surface area contributed by atoms with Gasteiger partial charge in [0, 0.05) is 5.69 Å². The number of carbonyl (C=O) groups is 1. The van der Waals surface area contributed by atoms with Crippen LogP contribution in [-0.2, 0) is 0 Å². The number of aryl methyl sites for hydroxylation is 1. The number of hydrogen-bond acceptors (Lipinski definition) is 3. The van der Waals surface area contributed by atoms with Crippen LogP contribution in [0.25, 0.3) is 0 Å². The molecule has 0 aromatic heterocycles. The summed E-state index contributed by atoms with van der Waals surface area (Å²) >= 11 is 0. The summed E-state index contributed by atoms with van der Waals surface area (Å²) in [7, 11) is 0. The van der Waals surface area contributed by atoms with E-state index in [4.69, 9.17) is 5.11 Å². The van der Waals surface area contributed by atoms with Gasteiger partial charge in [0.25, 0.3) is 0 Å². The number of anilines is 1. The van der Waals surface area contributed by atoms with Crippen LogP contribution in [0.2, 0.25) is 0 Å². The summed E-state index contributed by atoms with van der Waals surface area (Å²) in [4.78, 5) is 11.1. The van der Waals surface area contributed by atoms with Gasteiger partial charge >= 0.3 is 5.97 Å². The van der Waals surface area contributed by atoms with Crippen LogP contribution >= 0.6 is 0 Å². The fourth-order valence-electron chi connectivity index (χ4n) is 1.51. The molecule has 0 fully saturated rings. The second kappa shape index (κ2) is 5.19. The highest BCUT2D eigenvalue weighted by atomic mass is 16.4. The van der Waals surface area contributed by atoms with E-state index in [0.29, 0.717) is 12.1 Å². The molecule has 0 heterocycles. The lowest BCUT2D eigenvalue weighted by Crippen LogP contribution is -2.38. The average molecular weight is 237 g/mol. The molecule has 17 heavy (non-hydrogen) atoms. The molecule has 4 nitrogen and oxygen atoms in total. The summed E-state index contributed by atoms with van der Waals surface area (Å²) in [5, 5.41) is 21.6. The molecule has 1 unspecified atom stereocenters. The van der Waals surface area contributed by atoms with Crippen LogP contribution < -0.4 is 5.32 Å². The van der Waals surface area contributed by atoms with Gasteiger partial charge in [0.15, 0.2) is 0 Å². The lowest BCUT2D eigenvalue weighted by molar-refractivity contribution is 0.0697. The van der Waals surface area contributed by atoms with Crippen LogP contribution in [0.4, 0.5) is 5.69 Å². The third-order valence-corrected chi connectivity index (χ3v) is 2.97. The predicted octanol–water partition coefficient (Wildman–Crippen LogP) is 2.27. The molecule has 94 valence electrons. The van der Waals surface area contributed by atoms with Crippen molar-refractivity contribution in [3.05, 3.63) is 29.3 Å². The molecule has 0 aliphatic carbocycles. The van der Waals surface area contributed by atoms with Crippen LogP contribution in [-0.4, -0.2) is 28.3 Å². The summed E-state index contributed by atoms with van der Waals surface area (Å²) in [6.45, 7) is 5.61. The molecule has 3 N–H and O–H groups in total. The van der Waals surface area contributed by atoms with Crippen LogP contribution in [0, 0.1) is 6.92 Å². The van der Waals surface area contributed by atoms with Crippen molar-refractivity contribution in [1.82, 2.24) is 0 Å². The SMILES string of the molecule is CCC(C)(CO)Nc1ccc(C)cc1C(=O)O. The number of carboxylic acids is 1. The Morgan fingerprint density at radius 3 is 2.59 bits per heavy atom. The summed E-state index contributed by atoms with van der Waals surface area (Å²) in [6, 6.07) is 5.21. The minimum absolute atomic E-state index is 0.0452. The normalized spacial score (nSPS) is 14.1. The standard InChI is InChI=1S/C13H19NO3/c1-4-13(3,8-15)14-11-6-5-9(2)7-10(11)12(16)17/h5-7,14-15H,4,8H2,1-3H3,(H,16,17). The van der Waals surface area contributed by atoms with Gasteiger partial charge < -0.3 is 15.5 Å². The van der Waals surface area contributed by atoms with E-state index in [2.05, 4.69) is 5.32 Å². The average Bonchev–Trinajstić information content (AvgIpc) is 2.31. The second-order valence-corrected chi connectivity index (χ2v) is 4.55. The van der Waals surface area contributed by atoms with Crippen LogP contribution in [0.1, 0.15) is 36.2 Å². The zero-order valence-electron chi connectivity index (χ0n) is 10.4. The quantitative estimate of drug-likeness (QED) is 0.734. The van der Waals surface area contributed by atoms with E-state index in [1.165, 1.54) is 0 Å². The van der Waals surface area contributed by atoms with Crippen molar-refractivity contribution in [2.75, 3.05) is 11.9 Å². The van der Waals surface area contributed by atoms with E-state index < -0.39 is 11.5 Å². The fraction of sp³-hybridized carbons (Fsp3) is 0.462. The number of nitrogens with one attached hydrogen (secondary N) is 1. The Balaban J connectivity index is 3.10. The van der Waals surface area contributed by atoms with Gasteiger partial charge in [-0.2, -0.15) is 0 Å². The van der Waals surface area contributed by atoms with Crippen molar-refractivity contribution in [1.29, 1.82) is 0 Å². The van der Waals surface area contributed by atoms with Gasteiger partial charge in [-0.15, -0.1) is 0 Å². The smallest absolute Gasteiger partial charge is 0.337 e. The van der Waals surface area contributed by atoms with Gasteiger partial charge in [0.2, 0.25) is 0 Å². The summed E-state index contributed by atoms with van der Waals surface area (Å²) in [6.07, 6.45) is 0.705. The first-order valence-electron chi connectivity index (χ1n) is 5.65. The Morgan fingerprint density at radius 2 is 2.12 bits per heavy atom. The molecule has 1 atom stereocenters. The summed E-state index contributed by atoms with van der Waals surface area (Å²) in [5.41, 5.74) is 1.18. The molecule has 0 radical (unpaired) electrons. The number of aromatic carboxylic acids is 1. The van der Waals surface area contributed by atoms with Crippen LogP contribution in [0.3, 0.4) is 0 Å². The lowest BCUT2D eigenvalue weighted by atomic mass is 9.98. The molecule has 0 spiro atoms. The van der Waals surface area contributed by atoms with E-state index in [-0.39, 0.29) is 12.2 Å². The van der Waals surface area contributed by atoms with E-state index in [0.717, 1.165) is 5.56 Å².